The van der Waals surface area contributed by atoms with E-state index in [1.165, 1.54) is 0 Å². The van der Waals surface area contributed by atoms with Gasteiger partial charge in [0.15, 0.2) is 0 Å². The number of pyridine rings is 1. The average molecular weight is 481 g/mol. The van der Waals surface area contributed by atoms with Crippen LogP contribution in [-0.4, -0.2) is 36.1 Å². The molecule has 1 saturated heterocycles. The van der Waals surface area contributed by atoms with Crippen molar-refractivity contribution in [2.45, 2.75) is 43.6 Å². The predicted octanol–water partition coefficient (Wildman–Crippen LogP) is 2.99. The molecule has 1 saturated carbocycles. The lowest BCUT2D eigenvalue weighted by Gasteiger charge is -2.28. The molecule has 34 heavy (non-hydrogen) atoms. The van der Waals surface area contributed by atoms with Gasteiger partial charge in [-0.15, -0.1) is 0 Å². The number of benzene rings is 2. The zero-order valence-electron chi connectivity index (χ0n) is 18.5. The van der Waals surface area contributed by atoms with Gasteiger partial charge in [-0.25, -0.2) is 13.2 Å². The van der Waals surface area contributed by atoms with Crippen molar-refractivity contribution in [3.8, 4) is 5.75 Å². The Morgan fingerprint density at radius 1 is 1.15 bits per heavy atom. The van der Waals surface area contributed by atoms with Gasteiger partial charge in [-0.3, -0.25) is 19.8 Å². The maximum Gasteiger partial charge on any atom is 0.322 e. The van der Waals surface area contributed by atoms with Gasteiger partial charge in [0.2, 0.25) is 10.0 Å². The highest BCUT2D eigenvalue weighted by molar-refractivity contribution is 7.93. The SMILES string of the molecule is Cc1cc(COc2ccc(NS(=O)(=O)C3CCCC34NC(=O)NC4=O)cc2)c2ccccc2n1. The Labute approximate surface area is 197 Å². The summed E-state index contributed by atoms with van der Waals surface area (Å²) in [6.07, 6.45) is 1.09. The average Bonchev–Trinajstić information content (AvgIpc) is 3.35. The minimum Gasteiger partial charge on any atom is -0.489 e. The van der Waals surface area contributed by atoms with Crippen molar-refractivity contribution in [2.75, 3.05) is 4.72 Å². The molecule has 2 heterocycles. The van der Waals surface area contributed by atoms with E-state index in [1.807, 2.05) is 37.3 Å². The molecule has 3 amide bonds. The highest BCUT2D eigenvalue weighted by Gasteiger charge is 2.59. The summed E-state index contributed by atoms with van der Waals surface area (Å²) in [6, 6.07) is 15.8. The second kappa shape index (κ2) is 8.28. The van der Waals surface area contributed by atoms with Crippen LogP contribution in [0.4, 0.5) is 10.5 Å². The number of aryl methyl sites for hydroxylation is 1. The third-order valence-corrected chi connectivity index (χ3v) is 8.28. The van der Waals surface area contributed by atoms with Gasteiger partial charge >= 0.3 is 6.03 Å². The molecule has 3 aromatic rings. The zero-order valence-corrected chi connectivity index (χ0v) is 19.3. The normalized spacial score (nSPS) is 22.1. The minimum absolute atomic E-state index is 0.281. The van der Waals surface area contributed by atoms with Crippen LogP contribution in [0.25, 0.3) is 10.9 Å². The predicted molar refractivity (Wildman–Crippen MR) is 127 cm³/mol. The summed E-state index contributed by atoms with van der Waals surface area (Å²) >= 11 is 0. The van der Waals surface area contributed by atoms with Crippen LogP contribution in [0.2, 0.25) is 0 Å². The summed E-state index contributed by atoms with van der Waals surface area (Å²) < 4.78 is 34.7. The molecule has 2 aliphatic rings. The van der Waals surface area contributed by atoms with Crippen molar-refractivity contribution in [1.82, 2.24) is 15.6 Å². The molecule has 0 radical (unpaired) electrons. The maximum absolute atomic E-state index is 13.1. The summed E-state index contributed by atoms with van der Waals surface area (Å²) in [5, 5.41) is 4.67. The number of imide groups is 1. The molecule has 2 fully saturated rings. The van der Waals surface area contributed by atoms with Crippen molar-refractivity contribution in [3.63, 3.8) is 0 Å². The first kappa shape index (κ1) is 22.1. The van der Waals surface area contributed by atoms with Crippen molar-refractivity contribution >= 4 is 38.6 Å². The van der Waals surface area contributed by atoms with Crippen molar-refractivity contribution in [2.24, 2.45) is 0 Å². The fraction of sp³-hybridized carbons (Fsp3) is 0.292. The quantitative estimate of drug-likeness (QED) is 0.466. The number of hydrogen-bond acceptors (Lipinski definition) is 6. The number of rotatable bonds is 6. The van der Waals surface area contributed by atoms with Gasteiger partial charge in [-0.05, 0) is 62.6 Å². The van der Waals surface area contributed by atoms with Crippen LogP contribution in [-0.2, 0) is 21.4 Å². The molecule has 2 unspecified atom stereocenters. The molecule has 10 heteroatoms. The molecular formula is C24H24N4O5S. The number of anilines is 1. The van der Waals surface area contributed by atoms with E-state index in [1.54, 1.807) is 24.3 Å². The Bertz CT molecular complexity index is 1390. The van der Waals surface area contributed by atoms with Crippen LogP contribution in [0.5, 0.6) is 5.75 Å². The highest BCUT2D eigenvalue weighted by atomic mass is 32.2. The number of fused-ring (bicyclic) bond motifs is 1. The third-order valence-electron chi connectivity index (χ3n) is 6.37. The Morgan fingerprint density at radius 2 is 1.91 bits per heavy atom. The minimum atomic E-state index is -3.93. The van der Waals surface area contributed by atoms with Gasteiger partial charge in [0.25, 0.3) is 5.91 Å². The highest BCUT2D eigenvalue weighted by Crippen LogP contribution is 2.38. The lowest BCUT2D eigenvalue weighted by molar-refractivity contribution is -0.123. The number of para-hydroxylation sites is 1. The molecule has 2 atom stereocenters. The lowest BCUT2D eigenvalue weighted by Crippen LogP contribution is -2.56. The smallest absolute Gasteiger partial charge is 0.322 e. The van der Waals surface area contributed by atoms with Crippen LogP contribution in [0.15, 0.2) is 54.6 Å². The topological polar surface area (TPSA) is 126 Å². The Balaban J connectivity index is 1.29. The van der Waals surface area contributed by atoms with Crippen molar-refractivity contribution in [1.29, 1.82) is 0 Å². The molecule has 3 N–H and O–H groups in total. The number of carbonyl (C=O) groups is 2. The number of carbonyl (C=O) groups excluding carboxylic acids is 2. The first-order valence-corrected chi connectivity index (χ1v) is 12.5. The zero-order chi connectivity index (χ0) is 23.9. The van der Waals surface area contributed by atoms with Crippen LogP contribution in [0.3, 0.4) is 0 Å². The standard InChI is InChI=1S/C24H24N4O5S/c1-15-13-16(19-5-2-3-6-20(19)25-15)14-33-18-10-8-17(9-11-18)28-34(31,32)21-7-4-12-24(21)22(29)26-23(30)27-24/h2-3,5-6,8-11,13,21,28H,4,7,12,14H2,1H3,(H2,26,27,29,30). The number of hydrogen-bond donors (Lipinski definition) is 3. The van der Waals surface area contributed by atoms with Crippen molar-refractivity contribution < 1.29 is 22.7 Å². The Morgan fingerprint density at radius 3 is 2.65 bits per heavy atom. The number of ether oxygens (including phenoxy) is 1. The van der Waals surface area contributed by atoms with E-state index in [4.69, 9.17) is 4.74 Å². The fourth-order valence-corrected chi connectivity index (χ4v) is 6.73. The van der Waals surface area contributed by atoms with Crippen molar-refractivity contribution in [3.05, 3.63) is 65.9 Å². The van der Waals surface area contributed by atoms with Gasteiger partial charge in [0, 0.05) is 22.3 Å². The number of urea groups is 1. The second-order valence-electron chi connectivity index (χ2n) is 8.66. The second-order valence-corrected chi connectivity index (χ2v) is 10.5. The van der Waals surface area contributed by atoms with E-state index in [0.29, 0.717) is 24.5 Å². The number of nitrogens with one attached hydrogen (secondary N) is 3. The van der Waals surface area contributed by atoms with Gasteiger partial charge in [-0.2, -0.15) is 0 Å². The fourth-order valence-electron chi connectivity index (χ4n) is 4.83. The maximum atomic E-state index is 13.1. The largest absolute Gasteiger partial charge is 0.489 e. The van der Waals surface area contributed by atoms with Gasteiger partial charge in [0.05, 0.1) is 5.52 Å². The number of aromatic nitrogens is 1. The monoisotopic (exact) mass is 480 g/mol. The molecule has 1 aliphatic carbocycles. The number of nitrogens with zero attached hydrogens (tertiary/aromatic N) is 1. The molecule has 0 bridgehead atoms. The Hall–Kier alpha value is -3.66. The van der Waals surface area contributed by atoms with Crippen LogP contribution < -0.4 is 20.1 Å². The molecule has 9 nitrogen and oxygen atoms in total. The van der Waals surface area contributed by atoms with E-state index >= 15 is 0 Å². The van der Waals surface area contributed by atoms with Gasteiger partial charge in [-0.1, -0.05) is 18.2 Å². The van der Waals surface area contributed by atoms with Crippen LogP contribution in [0.1, 0.15) is 30.5 Å². The van der Waals surface area contributed by atoms with Crippen LogP contribution in [0, 0.1) is 6.92 Å². The molecule has 5 rings (SSSR count). The summed E-state index contributed by atoms with van der Waals surface area (Å²) in [7, 11) is -3.93. The van der Waals surface area contributed by atoms with Crippen LogP contribution >= 0.6 is 0 Å². The molecule has 1 aliphatic heterocycles. The summed E-state index contributed by atoms with van der Waals surface area (Å²) in [4.78, 5) is 28.5. The number of sulfonamides is 1. The first-order valence-electron chi connectivity index (χ1n) is 11.0. The van der Waals surface area contributed by atoms with E-state index in [9.17, 15) is 18.0 Å². The first-order chi connectivity index (χ1) is 16.3. The van der Waals surface area contributed by atoms with Gasteiger partial charge in [0.1, 0.15) is 23.1 Å². The summed E-state index contributed by atoms with van der Waals surface area (Å²) in [5.41, 5.74) is 1.75. The number of amides is 3. The lowest BCUT2D eigenvalue weighted by atomic mass is 9.98. The molecule has 176 valence electrons. The Kier molecular flexibility index (Phi) is 5.40. The van der Waals surface area contributed by atoms with Gasteiger partial charge < -0.3 is 10.1 Å². The van der Waals surface area contributed by atoms with E-state index in [0.717, 1.165) is 22.2 Å². The summed E-state index contributed by atoms with van der Waals surface area (Å²) in [6.45, 7) is 2.28. The van der Waals surface area contributed by atoms with E-state index < -0.39 is 32.8 Å². The summed E-state index contributed by atoms with van der Waals surface area (Å²) in [5.74, 6) is -0.00531. The van der Waals surface area contributed by atoms with E-state index in [-0.39, 0.29) is 12.8 Å². The molecule has 2 aromatic carbocycles. The van der Waals surface area contributed by atoms with E-state index in [2.05, 4.69) is 20.3 Å². The molecule has 1 spiro atoms. The molecular weight excluding hydrogens is 456 g/mol. The third kappa shape index (κ3) is 3.94. The molecule has 1 aromatic heterocycles.